The number of hydrogen-bond donors (Lipinski definition) is 1. The van der Waals surface area contributed by atoms with E-state index in [4.69, 9.17) is 16.3 Å². The molecule has 0 saturated carbocycles. The van der Waals surface area contributed by atoms with Gasteiger partial charge in [-0.1, -0.05) is 35.0 Å². The number of amides is 1. The predicted molar refractivity (Wildman–Crippen MR) is 96.2 cm³/mol. The number of nitrogens with one attached hydrogen (secondary N) is 1. The van der Waals surface area contributed by atoms with Crippen LogP contribution in [0.1, 0.15) is 21.7 Å². The molecular formula is C18H17ClN4O2. The minimum atomic E-state index is -0.332. The summed E-state index contributed by atoms with van der Waals surface area (Å²) in [6.07, 6.45) is 0. The van der Waals surface area contributed by atoms with Crippen LogP contribution >= 0.6 is 11.6 Å². The number of nitrogens with zero attached hydrogens (tertiary/aromatic N) is 3. The van der Waals surface area contributed by atoms with Gasteiger partial charge in [0.1, 0.15) is 5.69 Å². The average molecular weight is 357 g/mol. The molecule has 0 aliphatic heterocycles. The SMILES string of the molecule is COCc1c(C(=O)Nc2ccccc2C)nnn1-c1ccc(Cl)cc1. The van der Waals surface area contributed by atoms with Gasteiger partial charge in [-0.05, 0) is 42.8 Å². The van der Waals surface area contributed by atoms with Crippen molar-refractivity contribution >= 4 is 23.2 Å². The summed E-state index contributed by atoms with van der Waals surface area (Å²) in [7, 11) is 1.56. The van der Waals surface area contributed by atoms with Crippen molar-refractivity contribution < 1.29 is 9.53 Å². The van der Waals surface area contributed by atoms with Crippen molar-refractivity contribution in [3.8, 4) is 5.69 Å². The van der Waals surface area contributed by atoms with Crippen LogP contribution in [0.3, 0.4) is 0 Å². The van der Waals surface area contributed by atoms with Crippen molar-refractivity contribution in [2.24, 2.45) is 0 Å². The maximum atomic E-state index is 12.7. The summed E-state index contributed by atoms with van der Waals surface area (Å²) in [5.74, 6) is -0.332. The Balaban J connectivity index is 1.95. The Hall–Kier alpha value is -2.70. The van der Waals surface area contributed by atoms with Gasteiger partial charge in [-0.25, -0.2) is 4.68 Å². The van der Waals surface area contributed by atoms with Crippen molar-refractivity contribution in [2.45, 2.75) is 13.5 Å². The quantitative estimate of drug-likeness (QED) is 0.758. The summed E-state index contributed by atoms with van der Waals surface area (Å²) in [4.78, 5) is 12.7. The minimum absolute atomic E-state index is 0.201. The van der Waals surface area contributed by atoms with E-state index in [2.05, 4.69) is 15.6 Å². The number of anilines is 1. The van der Waals surface area contributed by atoms with Crippen LogP contribution in [0.15, 0.2) is 48.5 Å². The third-order valence-corrected chi connectivity index (χ3v) is 3.98. The summed E-state index contributed by atoms with van der Waals surface area (Å²) < 4.78 is 6.81. The van der Waals surface area contributed by atoms with E-state index in [1.807, 2.05) is 31.2 Å². The van der Waals surface area contributed by atoms with E-state index in [9.17, 15) is 4.79 Å². The highest BCUT2D eigenvalue weighted by Gasteiger charge is 2.21. The summed E-state index contributed by atoms with van der Waals surface area (Å²) >= 11 is 5.93. The van der Waals surface area contributed by atoms with Gasteiger partial charge in [0.25, 0.3) is 5.91 Å². The van der Waals surface area contributed by atoms with Crippen molar-refractivity contribution in [1.29, 1.82) is 0 Å². The van der Waals surface area contributed by atoms with Gasteiger partial charge >= 0.3 is 0 Å². The number of benzene rings is 2. The Morgan fingerprint density at radius 2 is 1.92 bits per heavy atom. The molecule has 0 atom stereocenters. The van der Waals surface area contributed by atoms with Gasteiger partial charge < -0.3 is 10.1 Å². The third kappa shape index (κ3) is 3.70. The van der Waals surface area contributed by atoms with Gasteiger partial charge in [-0.15, -0.1) is 5.10 Å². The summed E-state index contributed by atoms with van der Waals surface area (Å²) in [6.45, 7) is 2.13. The molecule has 6 nitrogen and oxygen atoms in total. The molecule has 0 spiro atoms. The van der Waals surface area contributed by atoms with Crippen LogP contribution in [0.25, 0.3) is 5.69 Å². The zero-order valence-corrected chi connectivity index (χ0v) is 14.6. The number of hydrogen-bond acceptors (Lipinski definition) is 4. The highest BCUT2D eigenvalue weighted by molar-refractivity contribution is 6.30. The maximum Gasteiger partial charge on any atom is 0.278 e. The van der Waals surface area contributed by atoms with E-state index in [1.54, 1.807) is 36.1 Å². The molecule has 1 aromatic heterocycles. The Morgan fingerprint density at radius 3 is 2.60 bits per heavy atom. The second-order valence-electron chi connectivity index (χ2n) is 5.48. The lowest BCUT2D eigenvalue weighted by Crippen LogP contribution is -2.16. The number of para-hydroxylation sites is 1. The molecule has 0 unspecified atom stereocenters. The molecule has 3 aromatic rings. The molecule has 1 amide bonds. The maximum absolute atomic E-state index is 12.7. The molecule has 3 rings (SSSR count). The smallest absolute Gasteiger partial charge is 0.278 e. The van der Waals surface area contributed by atoms with E-state index in [1.165, 1.54) is 0 Å². The van der Waals surface area contributed by atoms with E-state index in [0.29, 0.717) is 10.7 Å². The molecule has 128 valence electrons. The molecule has 0 aliphatic rings. The van der Waals surface area contributed by atoms with Crippen molar-refractivity contribution in [2.75, 3.05) is 12.4 Å². The summed E-state index contributed by atoms with van der Waals surface area (Å²) in [6, 6.07) is 14.7. The highest BCUT2D eigenvalue weighted by atomic mass is 35.5. The monoisotopic (exact) mass is 356 g/mol. The van der Waals surface area contributed by atoms with Crippen LogP contribution in [0.5, 0.6) is 0 Å². The van der Waals surface area contributed by atoms with Crippen LogP contribution in [0.4, 0.5) is 5.69 Å². The number of aromatic nitrogens is 3. The summed E-state index contributed by atoms with van der Waals surface area (Å²) in [5, 5.41) is 11.6. The first-order valence-electron chi connectivity index (χ1n) is 7.66. The van der Waals surface area contributed by atoms with Gasteiger partial charge in [0.15, 0.2) is 5.69 Å². The largest absolute Gasteiger partial charge is 0.378 e. The van der Waals surface area contributed by atoms with Crippen LogP contribution in [-0.2, 0) is 11.3 Å². The zero-order chi connectivity index (χ0) is 17.8. The highest BCUT2D eigenvalue weighted by Crippen LogP contribution is 2.19. The Bertz CT molecular complexity index is 890. The van der Waals surface area contributed by atoms with Gasteiger partial charge in [-0.2, -0.15) is 0 Å². The lowest BCUT2D eigenvalue weighted by atomic mass is 10.2. The van der Waals surface area contributed by atoms with Crippen LogP contribution in [-0.4, -0.2) is 28.0 Å². The fourth-order valence-corrected chi connectivity index (χ4v) is 2.55. The lowest BCUT2D eigenvalue weighted by Gasteiger charge is -2.09. The number of aryl methyl sites for hydroxylation is 1. The number of carbonyl (C=O) groups excluding carboxylic acids is 1. The first kappa shape index (κ1) is 17.1. The molecule has 1 heterocycles. The molecule has 0 radical (unpaired) electrons. The Morgan fingerprint density at radius 1 is 1.20 bits per heavy atom. The van der Waals surface area contributed by atoms with Gasteiger partial charge in [0, 0.05) is 17.8 Å². The molecule has 0 fully saturated rings. The van der Waals surface area contributed by atoms with Gasteiger partial charge in [0.05, 0.1) is 12.3 Å². The number of halogens is 1. The first-order chi connectivity index (χ1) is 12.1. The van der Waals surface area contributed by atoms with Crippen molar-refractivity contribution in [3.63, 3.8) is 0 Å². The predicted octanol–water partition coefficient (Wildman–Crippen LogP) is 3.63. The van der Waals surface area contributed by atoms with E-state index in [-0.39, 0.29) is 18.2 Å². The fourth-order valence-electron chi connectivity index (χ4n) is 2.43. The standard InChI is InChI=1S/C18H17ClN4O2/c1-12-5-3-4-6-15(12)20-18(24)17-16(11-25-2)23(22-21-17)14-9-7-13(19)8-10-14/h3-10H,11H2,1-2H3,(H,20,24). The molecule has 25 heavy (non-hydrogen) atoms. The van der Waals surface area contributed by atoms with Crippen LogP contribution in [0, 0.1) is 6.92 Å². The minimum Gasteiger partial charge on any atom is -0.378 e. The molecule has 2 aromatic carbocycles. The molecular weight excluding hydrogens is 340 g/mol. The lowest BCUT2D eigenvalue weighted by molar-refractivity contribution is 0.101. The molecule has 1 N–H and O–H groups in total. The van der Waals surface area contributed by atoms with Gasteiger partial charge in [0.2, 0.25) is 0 Å². The second-order valence-corrected chi connectivity index (χ2v) is 5.91. The first-order valence-corrected chi connectivity index (χ1v) is 8.04. The van der Waals surface area contributed by atoms with E-state index in [0.717, 1.165) is 16.9 Å². The normalized spacial score (nSPS) is 10.7. The second kappa shape index (κ2) is 7.46. The average Bonchev–Trinajstić information content (AvgIpc) is 3.02. The number of methoxy groups -OCH3 is 1. The molecule has 0 aliphatic carbocycles. The Labute approximate surface area is 150 Å². The molecule has 0 saturated heterocycles. The van der Waals surface area contributed by atoms with E-state index >= 15 is 0 Å². The molecule has 0 bridgehead atoms. The van der Waals surface area contributed by atoms with Crippen molar-refractivity contribution in [1.82, 2.24) is 15.0 Å². The van der Waals surface area contributed by atoms with Gasteiger partial charge in [-0.3, -0.25) is 4.79 Å². The number of carbonyl (C=O) groups is 1. The van der Waals surface area contributed by atoms with Crippen LogP contribution in [0.2, 0.25) is 5.02 Å². The Kier molecular flexibility index (Phi) is 5.11. The topological polar surface area (TPSA) is 69.0 Å². The third-order valence-electron chi connectivity index (χ3n) is 3.72. The fraction of sp³-hybridized carbons (Fsp3) is 0.167. The van der Waals surface area contributed by atoms with Crippen LogP contribution < -0.4 is 5.32 Å². The number of rotatable bonds is 5. The summed E-state index contributed by atoms with van der Waals surface area (Å²) in [5.41, 5.74) is 3.24. The molecule has 7 heteroatoms. The van der Waals surface area contributed by atoms with E-state index < -0.39 is 0 Å². The zero-order valence-electron chi connectivity index (χ0n) is 13.9. The van der Waals surface area contributed by atoms with Crippen molar-refractivity contribution in [3.05, 3.63) is 70.5 Å². The number of ether oxygens (including phenoxy) is 1.